The minimum Gasteiger partial charge on any atom is -0.393 e. The molecule has 0 bridgehead atoms. The van der Waals surface area contributed by atoms with Crippen LogP contribution in [0.4, 0.5) is 0 Å². The second kappa shape index (κ2) is 5.69. The molecule has 4 N–H and O–H groups in total. The Hall–Kier alpha value is -0.610. The lowest BCUT2D eigenvalue weighted by molar-refractivity contribution is -0.146. The van der Waals surface area contributed by atoms with Crippen LogP contribution in [0.25, 0.3) is 0 Å². The SMILES string of the molecule is CNC(=O)C1CC[C@@]2(N)[C@@H]3CCC4CC(O)CC[C@]4(C)[C@@H]3CC[C@]12C. The number of hydrogen-bond donors (Lipinski definition) is 3. The lowest BCUT2D eigenvalue weighted by Gasteiger charge is -2.64. The highest BCUT2D eigenvalue weighted by Gasteiger charge is 2.67. The summed E-state index contributed by atoms with van der Waals surface area (Å²) in [6, 6.07) is 0. The van der Waals surface area contributed by atoms with Crippen molar-refractivity contribution >= 4 is 5.91 Å². The van der Waals surface area contributed by atoms with Gasteiger partial charge in [0.25, 0.3) is 0 Å². The summed E-state index contributed by atoms with van der Waals surface area (Å²) in [7, 11) is 1.76. The molecule has 0 saturated heterocycles. The topological polar surface area (TPSA) is 75.4 Å². The molecule has 1 amide bonds. The van der Waals surface area contributed by atoms with Crippen LogP contribution in [-0.4, -0.2) is 29.7 Å². The molecule has 142 valence electrons. The largest absolute Gasteiger partial charge is 0.393 e. The molecule has 0 aromatic heterocycles. The molecule has 0 aromatic carbocycles. The molecule has 0 spiro atoms. The fourth-order valence-corrected chi connectivity index (χ4v) is 7.90. The molecule has 4 nitrogen and oxygen atoms in total. The quantitative estimate of drug-likeness (QED) is 0.682. The first-order chi connectivity index (χ1) is 11.8. The number of hydrogen-bond acceptors (Lipinski definition) is 3. The third kappa shape index (κ3) is 2.22. The minimum absolute atomic E-state index is 0.0639. The van der Waals surface area contributed by atoms with Gasteiger partial charge in [0.1, 0.15) is 0 Å². The summed E-state index contributed by atoms with van der Waals surface area (Å²) in [6.07, 6.45) is 9.58. The van der Waals surface area contributed by atoms with E-state index < -0.39 is 0 Å². The Morgan fingerprint density at radius 2 is 1.80 bits per heavy atom. The predicted octanol–water partition coefficient (Wildman–Crippen LogP) is 2.83. The zero-order valence-corrected chi connectivity index (χ0v) is 16.2. The molecule has 25 heavy (non-hydrogen) atoms. The second-order valence-electron chi connectivity index (χ2n) is 10.1. The fraction of sp³-hybridized carbons (Fsp3) is 0.952. The monoisotopic (exact) mass is 348 g/mol. The maximum atomic E-state index is 12.5. The zero-order valence-electron chi connectivity index (χ0n) is 16.2. The molecule has 0 aromatic rings. The van der Waals surface area contributed by atoms with Crippen LogP contribution in [0.3, 0.4) is 0 Å². The van der Waals surface area contributed by atoms with Crippen LogP contribution in [-0.2, 0) is 4.79 Å². The standard InChI is InChI=1S/C21H36N2O2/c1-19-9-6-14(24)12-13(19)4-5-16-15(19)7-10-20(2)17(18(25)23-3)8-11-21(16,20)22/h13-17,24H,4-12,22H2,1-3H3,(H,23,25)/t13?,14?,15-,16-,17?,19+,20-,21-/m1/s1. The van der Waals surface area contributed by atoms with Crippen LogP contribution in [0.1, 0.15) is 71.6 Å². The first-order valence-electron chi connectivity index (χ1n) is 10.4. The molecule has 0 aliphatic heterocycles. The highest BCUT2D eigenvalue weighted by atomic mass is 16.3. The first kappa shape index (κ1) is 17.8. The third-order valence-corrected chi connectivity index (χ3v) is 9.54. The molecular formula is C21H36N2O2. The molecule has 4 saturated carbocycles. The van der Waals surface area contributed by atoms with E-state index in [0.29, 0.717) is 23.2 Å². The molecule has 4 aliphatic carbocycles. The van der Waals surface area contributed by atoms with E-state index in [1.54, 1.807) is 7.05 Å². The van der Waals surface area contributed by atoms with Crippen LogP contribution in [0, 0.1) is 34.5 Å². The molecule has 0 heterocycles. The van der Waals surface area contributed by atoms with Crippen LogP contribution in [0.15, 0.2) is 0 Å². The summed E-state index contributed by atoms with van der Waals surface area (Å²) in [5.74, 6) is 2.12. The highest BCUT2D eigenvalue weighted by Crippen LogP contribution is 2.68. The van der Waals surface area contributed by atoms with E-state index in [4.69, 9.17) is 5.73 Å². The number of nitrogens with one attached hydrogen (secondary N) is 1. The lowest BCUT2D eigenvalue weighted by atomic mass is 9.42. The molecule has 4 aliphatic rings. The average molecular weight is 349 g/mol. The van der Waals surface area contributed by atoms with Crippen LogP contribution in [0.5, 0.6) is 0 Å². The van der Waals surface area contributed by atoms with Crippen LogP contribution >= 0.6 is 0 Å². The fourth-order valence-electron chi connectivity index (χ4n) is 7.90. The highest BCUT2D eigenvalue weighted by molar-refractivity contribution is 5.80. The number of aliphatic hydroxyl groups is 1. The Morgan fingerprint density at radius 3 is 2.52 bits per heavy atom. The smallest absolute Gasteiger partial charge is 0.223 e. The van der Waals surface area contributed by atoms with Crippen molar-refractivity contribution in [3.05, 3.63) is 0 Å². The van der Waals surface area contributed by atoms with Gasteiger partial charge < -0.3 is 16.2 Å². The lowest BCUT2D eigenvalue weighted by Crippen LogP contribution is -2.67. The Bertz CT molecular complexity index is 566. The summed E-state index contributed by atoms with van der Waals surface area (Å²) < 4.78 is 0. The minimum atomic E-state index is -0.197. The van der Waals surface area contributed by atoms with Crippen LogP contribution in [0.2, 0.25) is 0 Å². The molecule has 3 unspecified atom stereocenters. The van der Waals surface area contributed by atoms with Gasteiger partial charge in [0.2, 0.25) is 5.91 Å². The number of carbonyl (C=O) groups excluding carboxylic acids is 1. The van der Waals surface area contributed by atoms with Gasteiger partial charge >= 0.3 is 0 Å². The molecule has 4 heteroatoms. The summed E-state index contributed by atoms with van der Waals surface area (Å²) in [4.78, 5) is 12.5. The molecular weight excluding hydrogens is 312 g/mol. The van der Waals surface area contributed by atoms with Gasteiger partial charge in [-0.2, -0.15) is 0 Å². The molecule has 0 radical (unpaired) electrons. The van der Waals surface area contributed by atoms with Crippen LogP contribution < -0.4 is 11.1 Å². The number of rotatable bonds is 1. The maximum absolute atomic E-state index is 12.5. The van der Waals surface area contributed by atoms with Gasteiger partial charge in [-0.25, -0.2) is 0 Å². The summed E-state index contributed by atoms with van der Waals surface area (Å²) >= 11 is 0. The van der Waals surface area contributed by atoms with Gasteiger partial charge in [0.05, 0.1) is 6.10 Å². The Labute approximate surface area is 152 Å². The van der Waals surface area contributed by atoms with Gasteiger partial charge in [-0.15, -0.1) is 0 Å². The van der Waals surface area contributed by atoms with Crippen molar-refractivity contribution in [2.24, 2.45) is 40.2 Å². The number of carbonyl (C=O) groups is 1. The van der Waals surface area contributed by atoms with E-state index in [-0.39, 0.29) is 28.9 Å². The molecule has 4 fully saturated rings. The van der Waals surface area contributed by atoms with Gasteiger partial charge in [-0.1, -0.05) is 13.8 Å². The Morgan fingerprint density at radius 1 is 1.04 bits per heavy atom. The number of nitrogens with two attached hydrogens (primary N) is 1. The van der Waals surface area contributed by atoms with Gasteiger partial charge in [0.15, 0.2) is 0 Å². The Balaban J connectivity index is 1.66. The van der Waals surface area contributed by atoms with E-state index in [1.165, 1.54) is 19.3 Å². The van der Waals surface area contributed by atoms with Gasteiger partial charge in [-0.05, 0) is 86.4 Å². The van der Waals surface area contributed by atoms with Gasteiger partial charge in [-0.3, -0.25) is 4.79 Å². The van der Waals surface area contributed by atoms with Crippen molar-refractivity contribution in [3.63, 3.8) is 0 Å². The summed E-state index contributed by atoms with van der Waals surface area (Å²) in [5, 5.41) is 13.0. The summed E-state index contributed by atoms with van der Waals surface area (Å²) in [6.45, 7) is 4.78. The number of amides is 1. The molecule has 4 rings (SSSR count). The first-order valence-corrected chi connectivity index (χ1v) is 10.4. The van der Waals surface area contributed by atoms with E-state index in [1.807, 2.05) is 0 Å². The maximum Gasteiger partial charge on any atom is 0.223 e. The van der Waals surface area contributed by atoms with E-state index in [0.717, 1.165) is 38.5 Å². The van der Waals surface area contributed by atoms with E-state index >= 15 is 0 Å². The number of fused-ring (bicyclic) bond motifs is 5. The number of aliphatic hydroxyl groups excluding tert-OH is 1. The Kier molecular flexibility index (Phi) is 4.05. The van der Waals surface area contributed by atoms with Crippen molar-refractivity contribution in [1.82, 2.24) is 5.32 Å². The summed E-state index contributed by atoms with van der Waals surface area (Å²) in [5.41, 5.74) is 7.29. The normalized spacial score (nSPS) is 55.0. The van der Waals surface area contributed by atoms with Crippen molar-refractivity contribution in [2.75, 3.05) is 7.05 Å². The van der Waals surface area contributed by atoms with Crippen molar-refractivity contribution in [3.8, 4) is 0 Å². The van der Waals surface area contributed by atoms with Crippen molar-refractivity contribution < 1.29 is 9.90 Å². The predicted molar refractivity (Wildman–Crippen MR) is 98.7 cm³/mol. The average Bonchev–Trinajstić information content (AvgIpc) is 2.86. The zero-order chi connectivity index (χ0) is 18.0. The second-order valence-corrected chi connectivity index (χ2v) is 10.1. The van der Waals surface area contributed by atoms with Gasteiger partial charge in [0, 0.05) is 18.5 Å². The van der Waals surface area contributed by atoms with E-state index in [9.17, 15) is 9.90 Å². The van der Waals surface area contributed by atoms with Crippen molar-refractivity contribution in [2.45, 2.75) is 83.3 Å². The van der Waals surface area contributed by atoms with E-state index in [2.05, 4.69) is 19.2 Å². The third-order valence-electron chi connectivity index (χ3n) is 9.54. The molecule has 8 atom stereocenters. The van der Waals surface area contributed by atoms with Crippen molar-refractivity contribution in [1.29, 1.82) is 0 Å².